The van der Waals surface area contributed by atoms with Gasteiger partial charge in [-0.15, -0.1) is 11.8 Å². The topological polar surface area (TPSA) is 56.0 Å². The number of nitrogens with zero attached hydrogens (tertiary/aromatic N) is 1. The minimum Gasteiger partial charge on any atom is -0.388 e. The lowest BCUT2D eigenvalue weighted by molar-refractivity contribution is -0.0145. The van der Waals surface area contributed by atoms with Gasteiger partial charge in [0.05, 0.1) is 16.9 Å². The fourth-order valence-electron chi connectivity index (χ4n) is 2.79. The molecule has 2 rings (SSSR count). The molecular formula is C17H24N2OS. The predicted octanol–water partition coefficient (Wildman–Crippen LogP) is 4.02. The summed E-state index contributed by atoms with van der Waals surface area (Å²) in [6, 6.07) is 8.07. The first-order valence-corrected chi connectivity index (χ1v) is 8.65. The first-order valence-electron chi connectivity index (χ1n) is 7.42. The van der Waals surface area contributed by atoms with E-state index in [1.807, 2.05) is 24.5 Å². The van der Waals surface area contributed by atoms with Crippen LogP contribution in [0.1, 0.15) is 45.1 Å². The van der Waals surface area contributed by atoms with Crippen LogP contribution in [0.25, 0.3) is 0 Å². The van der Waals surface area contributed by atoms with Crippen LogP contribution in [0.2, 0.25) is 0 Å². The van der Waals surface area contributed by atoms with E-state index >= 15 is 0 Å². The van der Waals surface area contributed by atoms with Gasteiger partial charge in [-0.25, -0.2) is 0 Å². The van der Waals surface area contributed by atoms with Crippen LogP contribution in [0.15, 0.2) is 23.1 Å². The maximum absolute atomic E-state index is 10.7. The van der Waals surface area contributed by atoms with Crippen LogP contribution in [-0.4, -0.2) is 23.5 Å². The Kier molecular flexibility index (Phi) is 4.85. The Morgan fingerprint density at radius 1 is 1.29 bits per heavy atom. The molecule has 3 nitrogen and oxygen atoms in total. The van der Waals surface area contributed by atoms with Crippen molar-refractivity contribution in [3.63, 3.8) is 0 Å². The molecule has 0 spiro atoms. The number of anilines is 1. The largest absolute Gasteiger partial charge is 0.388 e. The Morgan fingerprint density at radius 3 is 2.52 bits per heavy atom. The van der Waals surface area contributed by atoms with E-state index in [0.717, 1.165) is 36.3 Å². The van der Waals surface area contributed by atoms with Crippen molar-refractivity contribution in [1.29, 1.82) is 5.26 Å². The number of benzene rings is 1. The van der Waals surface area contributed by atoms with Crippen LogP contribution < -0.4 is 5.32 Å². The molecule has 0 atom stereocenters. The quantitative estimate of drug-likeness (QED) is 0.825. The number of nitriles is 1. The van der Waals surface area contributed by atoms with Gasteiger partial charge >= 0.3 is 0 Å². The van der Waals surface area contributed by atoms with Gasteiger partial charge in [-0.05, 0) is 49.5 Å². The summed E-state index contributed by atoms with van der Waals surface area (Å²) in [6.45, 7) is 5.03. The lowest BCUT2D eigenvalue weighted by Crippen LogP contribution is -2.42. The van der Waals surface area contributed by atoms with Crippen molar-refractivity contribution >= 4 is 17.4 Å². The van der Waals surface area contributed by atoms with Crippen molar-refractivity contribution in [3.05, 3.63) is 23.8 Å². The van der Waals surface area contributed by atoms with Gasteiger partial charge in [-0.2, -0.15) is 5.26 Å². The van der Waals surface area contributed by atoms with Gasteiger partial charge in [0, 0.05) is 11.4 Å². The minimum atomic E-state index is -0.655. The molecule has 0 unspecified atom stereocenters. The number of hydrogen-bond acceptors (Lipinski definition) is 4. The molecule has 2 N–H and O–H groups in total. The van der Waals surface area contributed by atoms with E-state index < -0.39 is 5.60 Å². The summed E-state index contributed by atoms with van der Waals surface area (Å²) in [4.78, 5) is 0.972. The molecule has 1 aliphatic carbocycles. The fourth-order valence-corrected chi connectivity index (χ4v) is 3.37. The highest BCUT2D eigenvalue weighted by Crippen LogP contribution is 2.40. The van der Waals surface area contributed by atoms with Gasteiger partial charge in [-0.3, -0.25) is 0 Å². The Labute approximate surface area is 131 Å². The molecule has 0 amide bonds. The third-order valence-electron chi connectivity index (χ3n) is 4.50. The van der Waals surface area contributed by atoms with Gasteiger partial charge in [0.25, 0.3) is 0 Å². The summed E-state index contributed by atoms with van der Waals surface area (Å²) < 4.78 is 0. The summed E-state index contributed by atoms with van der Waals surface area (Å²) in [5.41, 5.74) is 1.17. The fraction of sp³-hybridized carbons (Fsp3) is 0.588. The number of hydrogen-bond donors (Lipinski definition) is 2. The first-order chi connectivity index (χ1) is 9.89. The van der Waals surface area contributed by atoms with Gasteiger partial charge < -0.3 is 10.4 Å². The van der Waals surface area contributed by atoms with E-state index in [9.17, 15) is 10.4 Å². The second-order valence-corrected chi connectivity index (χ2v) is 7.58. The number of nitrogens with one attached hydrogen (secondary N) is 1. The molecule has 1 aromatic carbocycles. The van der Waals surface area contributed by atoms with Gasteiger partial charge in [-0.1, -0.05) is 19.9 Å². The summed E-state index contributed by atoms with van der Waals surface area (Å²) >= 11 is 1.57. The number of thioether (sulfide) groups is 1. The third kappa shape index (κ3) is 3.93. The smallest absolute Gasteiger partial charge is 0.102 e. The zero-order valence-electron chi connectivity index (χ0n) is 13.1. The lowest BCUT2D eigenvalue weighted by Gasteiger charge is -2.40. The van der Waals surface area contributed by atoms with Crippen LogP contribution in [0.3, 0.4) is 0 Å². The molecule has 0 radical (unpaired) electrons. The number of rotatable bonds is 4. The second kappa shape index (κ2) is 6.29. The first kappa shape index (κ1) is 16.2. The highest BCUT2D eigenvalue weighted by Gasteiger charge is 2.36. The molecule has 1 fully saturated rings. The van der Waals surface area contributed by atoms with E-state index in [0.29, 0.717) is 17.5 Å². The highest BCUT2D eigenvalue weighted by molar-refractivity contribution is 7.98. The molecule has 1 aliphatic rings. The van der Waals surface area contributed by atoms with Crippen LogP contribution >= 0.6 is 11.8 Å². The van der Waals surface area contributed by atoms with Crippen LogP contribution in [0.5, 0.6) is 0 Å². The van der Waals surface area contributed by atoms with E-state index in [1.54, 1.807) is 11.8 Å². The van der Waals surface area contributed by atoms with Crippen molar-refractivity contribution < 1.29 is 5.11 Å². The molecule has 0 aromatic heterocycles. The molecule has 0 heterocycles. The number of aliphatic hydroxyl groups is 1. The Balaban J connectivity index is 2.06. The highest BCUT2D eigenvalue weighted by atomic mass is 32.2. The van der Waals surface area contributed by atoms with E-state index in [4.69, 9.17) is 0 Å². The average molecular weight is 304 g/mol. The maximum atomic E-state index is 10.7. The van der Waals surface area contributed by atoms with Crippen molar-refractivity contribution in [3.8, 4) is 6.07 Å². The average Bonchev–Trinajstić information content (AvgIpc) is 2.48. The Bertz CT molecular complexity index is 538. The van der Waals surface area contributed by atoms with E-state index in [1.165, 1.54) is 0 Å². The third-order valence-corrected chi connectivity index (χ3v) is 5.28. The van der Waals surface area contributed by atoms with Crippen molar-refractivity contribution in [2.24, 2.45) is 5.41 Å². The van der Waals surface area contributed by atoms with Crippen LogP contribution in [-0.2, 0) is 0 Å². The van der Waals surface area contributed by atoms with Crippen molar-refractivity contribution in [1.82, 2.24) is 0 Å². The summed E-state index contributed by atoms with van der Waals surface area (Å²) in [5.74, 6) is 0. The molecule has 0 aliphatic heterocycles. The van der Waals surface area contributed by atoms with Gasteiger partial charge in [0.1, 0.15) is 6.07 Å². The Hall–Kier alpha value is -1.18. The van der Waals surface area contributed by atoms with Crippen molar-refractivity contribution in [2.45, 2.75) is 50.0 Å². The predicted molar refractivity (Wildman–Crippen MR) is 88.6 cm³/mol. The van der Waals surface area contributed by atoms with Crippen molar-refractivity contribution in [2.75, 3.05) is 18.1 Å². The monoisotopic (exact) mass is 304 g/mol. The lowest BCUT2D eigenvalue weighted by atomic mass is 9.71. The normalized spacial score (nSPS) is 19.8. The van der Waals surface area contributed by atoms with Crippen LogP contribution in [0, 0.1) is 16.7 Å². The zero-order valence-corrected chi connectivity index (χ0v) is 13.9. The molecule has 1 aromatic rings. The summed E-state index contributed by atoms with van der Waals surface area (Å²) in [5, 5.41) is 23.3. The molecule has 0 bridgehead atoms. The van der Waals surface area contributed by atoms with Gasteiger partial charge in [0.15, 0.2) is 0 Å². The Morgan fingerprint density at radius 2 is 1.95 bits per heavy atom. The zero-order chi connectivity index (χ0) is 15.5. The molecule has 21 heavy (non-hydrogen) atoms. The van der Waals surface area contributed by atoms with E-state index in [-0.39, 0.29) is 0 Å². The minimum absolute atomic E-state index is 0.336. The van der Waals surface area contributed by atoms with E-state index in [2.05, 4.69) is 25.2 Å². The molecule has 114 valence electrons. The molecule has 0 saturated heterocycles. The standard InChI is InChI=1S/C17H24N2OS/c1-16(2)7-9-17(20,10-8-16)12-19-14-5-4-6-15(21-3)13(14)11-18/h4-6,19-20H,7-10,12H2,1-3H3. The SMILES string of the molecule is CSc1cccc(NCC2(O)CCC(C)(C)CC2)c1C#N. The summed E-state index contributed by atoms with van der Waals surface area (Å²) in [6.07, 6.45) is 5.69. The second-order valence-electron chi connectivity index (χ2n) is 6.74. The molecular weight excluding hydrogens is 280 g/mol. The molecule has 1 saturated carbocycles. The summed E-state index contributed by atoms with van der Waals surface area (Å²) in [7, 11) is 0. The molecule has 4 heteroatoms. The van der Waals surface area contributed by atoms with Gasteiger partial charge in [0.2, 0.25) is 0 Å². The maximum Gasteiger partial charge on any atom is 0.102 e. The van der Waals surface area contributed by atoms with Crippen LogP contribution in [0.4, 0.5) is 5.69 Å².